The van der Waals surface area contributed by atoms with Gasteiger partial charge >= 0.3 is 5.97 Å². The molecule has 0 radical (unpaired) electrons. The largest absolute Gasteiger partial charge is 0.481 e. The quantitative estimate of drug-likeness (QED) is 0.346. The van der Waals surface area contributed by atoms with Gasteiger partial charge in [0.25, 0.3) is 0 Å². The van der Waals surface area contributed by atoms with E-state index in [1.165, 1.54) is 0 Å². The molecule has 5 heteroatoms. The summed E-state index contributed by atoms with van der Waals surface area (Å²) in [6, 6.07) is 0. The molecule has 0 aromatic rings. The van der Waals surface area contributed by atoms with Gasteiger partial charge in [0.2, 0.25) is 0 Å². The van der Waals surface area contributed by atoms with E-state index in [1.807, 2.05) is 0 Å². The third-order valence-corrected chi connectivity index (χ3v) is 4.57. The summed E-state index contributed by atoms with van der Waals surface area (Å²) >= 11 is 0. The van der Waals surface area contributed by atoms with Crippen molar-refractivity contribution in [2.45, 2.75) is 89.7 Å². The van der Waals surface area contributed by atoms with Crippen LogP contribution in [0.15, 0.2) is 12.2 Å². The minimum absolute atomic E-state index is 0.0122. The van der Waals surface area contributed by atoms with E-state index in [0.717, 1.165) is 19.3 Å². The number of unbranched alkanes of at least 4 members (excludes halogenated alkanes) is 2. The first-order chi connectivity index (χ1) is 13.4. The second-order valence-electron chi connectivity index (χ2n) is 6.69. The maximum Gasteiger partial charge on any atom is 0.303 e. The number of carbonyl (C=O) groups excluding carboxylic acids is 1. The fourth-order valence-electron chi connectivity index (χ4n) is 3.19. The standard InChI is InChI=1S/C20H34O5/c1-2-3-6-9-15(21)12-13-17-16(18(22)14-19(17)23)10-7-4-5-8-11-20(24)25/h12-13,15-17,19,21,23H,2-11,14H2,1H3,(H,24,25)/b13-12+/t15-,16+,17+,19+/m0/s1/i5D2,8D2. The van der Waals surface area contributed by atoms with E-state index in [1.54, 1.807) is 12.2 Å². The molecule has 0 bridgehead atoms. The van der Waals surface area contributed by atoms with E-state index in [2.05, 4.69) is 6.92 Å². The molecule has 0 saturated heterocycles. The average Bonchev–Trinajstić information content (AvgIpc) is 2.85. The van der Waals surface area contributed by atoms with Crippen LogP contribution in [0.3, 0.4) is 0 Å². The van der Waals surface area contributed by atoms with Crippen LogP contribution in [-0.4, -0.2) is 39.3 Å². The second-order valence-corrected chi connectivity index (χ2v) is 6.69. The van der Waals surface area contributed by atoms with Crippen molar-refractivity contribution in [1.29, 1.82) is 0 Å². The number of carboxylic acids is 1. The van der Waals surface area contributed by atoms with Gasteiger partial charge < -0.3 is 15.3 Å². The minimum Gasteiger partial charge on any atom is -0.481 e. The summed E-state index contributed by atoms with van der Waals surface area (Å²) in [5.74, 6) is -2.49. The maximum atomic E-state index is 12.2. The Labute approximate surface area is 156 Å². The molecule has 144 valence electrons. The number of aliphatic carboxylic acids is 1. The summed E-state index contributed by atoms with van der Waals surface area (Å²) in [5.41, 5.74) is 0. The second kappa shape index (κ2) is 12.2. The summed E-state index contributed by atoms with van der Waals surface area (Å²) in [4.78, 5) is 23.0. The Balaban J connectivity index is 2.66. The number of carbonyl (C=O) groups is 2. The lowest BCUT2D eigenvalue weighted by atomic mass is 9.88. The molecule has 3 N–H and O–H groups in total. The lowest BCUT2D eigenvalue weighted by molar-refractivity contribution is -0.137. The van der Waals surface area contributed by atoms with Crippen LogP contribution in [0.2, 0.25) is 0 Å². The average molecular weight is 359 g/mol. The molecule has 1 rings (SSSR count). The van der Waals surface area contributed by atoms with Crippen LogP contribution < -0.4 is 0 Å². The van der Waals surface area contributed by atoms with Crippen molar-refractivity contribution in [2.24, 2.45) is 11.8 Å². The summed E-state index contributed by atoms with van der Waals surface area (Å²) in [5, 5.41) is 29.0. The van der Waals surface area contributed by atoms with Gasteiger partial charge in [-0.05, 0) is 19.2 Å². The number of hydrogen-bond donors (Lipinski definition) is 3. The molecule has 0 spiro atoms. The highest BCUT2D eigenvalue weighted by Crippen LogP contribution is 2.34. The highest BCUT2D eigenvalue weighted by atomic mass is 16.4. The zero-order valence-corrected chi connectivity index (χ0v) is 15.0. The first-order valence-corrected chi connectivity index (χ1v) is 9.20. The maximum absolute atomic E-state index is 12.2. The van der Waals surface area contributed by atoms with E-state index in [0.29, 0.717) is 6.42 Å². The van der Waals surface area contributed by atoms with Crippen molar-refractivity contribution in [3.8, 4) is 0 Å². The zero-order valence-electron chi connectivity index (χ0n) is 19.0. The molecule has 0 aliphatic heterocycles. The third-order valence-electron chi connectivity index (χ3n) is 4.57. The molecule has 0 unspecified atom stereocenters. The molecule has 25 heavy (non-hydrogen) atoms. The highest BCUT2D eigenvalue weighted by molar-refractivity contribution is 5.84. The fourth-order valence-corrected chi connectivity index (χ4v) is 3.19. The topological polar surface area (TPSA) is 94.8 Å². The number of hydrogen-bond acceptors (Lipinski definition) is 4. The van der Waals surface area contributed by atoms with Gasteiger partial charge in [-0.15, -0.1) is 0 Å². The van der Waals surface area contributed by atoms with E-state index < -0.39 is 49.2 Å². The number of rotatable bonds is 13. The molecule has 0 aromatic carbocycles. The summed E-state index contributed by atoms with van der Waals surface area (Å²) in [6.45, 7) is 2.07. The Hall–Kier alpha value is -1.20. The lowest BCUT2D eigenvalue weighted by Crippen LogP contribution is -2.19. The van der Waals surface area contributed by atoms with Crippen LogP contribution in [0, 0.1) is 11.8 Å². The van der Waals surface area contributed by atoms with E-state index in [9.17, 15) is 19.8 Å². The first kappa shape index (κ1) is 16.0. The molecule has 1 aliphatic carbocycles. The van der Waals surface area contributed by atoms with Crippen molar-refractivity contribution < 1.29 is 30.4 Å². The molecule has 1 aliphatic rings. The van der Waals surface area contributed by atoms with Gasteiger partial charge in [-0.1, -0.05) is 57.6 Å². The summed E-state index contributed by atoms with van der Waals surface area (Å²) in [6.07, 6.45) is -0.134. The Bertz CT molecular complexity index is 579. The number of carboxylic acid groups (broad SMARTS) is 1. The normalized spacial score (nSPS) is 28.4. The van der Waals surface area contributed by atoms with Gasteiger partial charge in [0.1, 0.15) is 5.78 Å². The lowest BCUT2D eigenvalue weighted by Gasteiger charge is -2.18. The van der Waals surface area contributed by atoms with Crippen molar-refractivity contribution in [3.63, 3.8) is 0 Å². The first-order valence-electron chi connectivity index (χ1n) is 11.2. The minimum atomic E-state index is -2.51. The van der Waals surface area contributed by atoms with Gasteiger partial charge in [-0.2, -0.15) is 0 Å². The zero-order chi connectivity index (χ0) is 22.2. The van der Waals surface area contributed by atoms with Gasteiger partial charge in [0.15, 0.2) is 0 Å². The third kappa shape index (κ3) is 8.63. The molecule has 0 amide bonds. The number of aliphatic hydroxyl groups is 2. The van der Waals surface area contributed by atoms with E-state index in [-0.39, 0.29) is 31.5 Å². The van der Waals surface area contributed by atoms with E-state index >= 15 is 0 Å². The van der Waals surface area contributed by atoms with Gasteiger partial charge in [0.05, 0.1) is 12.2 Å². The van der Waals surface area contributed by atoms with Gasteiger partial charge in [0, 0.05) is 30.2 Å². The number of aliphatic hydroxyl groups excluding tert-OH is 2. The molecular formula is C20H34O5. The Morgan fingerprint density at radius 3 is 2.76 bits per heavy atom. The number of ketones is 1. The summed E-state index contributed by atoms with van der Waals surface area (Å²) in [7, 11) is 0. The van der Waals surface area contributed by atoms with Crippen LogP contribution in [0.4, 0.5) is 0 Å². The van der Waals surface area contributed by atoms with Crippen LogP contribution in [0.1, 0.15) is 82.9 Å². The Kier molecular flexibility index (Phi) is 7.81. The van der Waals surface area contributed by atoms with Gasteiger partial charge in [-0.25, -0.2) is 0 Å². The smallest absolute Gasteiger partial charge is 0.303 e. The van der Waals surface area contributed by atoms with Crippen LogP contribution >= 0.6 is 0 Å². The molecule has 1 saturated carbocycles. The van der Waals surface area contributed by atoms with E-state index in [4.69, 9.17) is 10.6 Å². The monoisotopic (exact) mass is 358 g/mol. The Morgan fingerprint density at radius 1 is 1.32 bits per heavy atom. The Morgan fingerprint density at radius 2 is 2.08 bits per heavy atom. The fraction of sp³-hybridized carbons (Fsp3) is 0.800. The SMILES string of the molecule is [2H]C([2H])(CCC[C@H]1C(=O)C[C@@H](O)[C@@H]1/C=C/[C@@H](O)CCCCC)C([2H])([2H])CC(=O)O. The predicted octanol–water partition coefficient (Wildman–Crippen LogP) is 3.48. The van der Waals surface area contributed by atoms with Crippen LogP contribution in [-0.2, 0) is 9.59 Å². The highest BCUT2D eigenvalue weighted by Gasteiger charge is 2.39. The van der Waals surface area contributed by atoms with Crippen LogP contribution in [0.5, 0.6) is 0 Å². The molecule has 1 fully saturated rings. The summed E-state index contributed by atoms with van der Waals surface area (Å²) < 4.78 is 31.2. The number of Topliss-reactive ketones (excluding diaryl/α,β-unsaturated/α-hetero) is 1. The van der Waals surface area contributed by atoms with Crippen LogP contribution in [0.25, 0.3) is 0 Å². The molecule has 4 atom stereocenters. The van der Waals surface area contributed by atoms with Gasteiger partial charge in [-0.3, -0.25) is 9.59 Å². The van der Waals surface area contributed by atoms with Crippen molar-refractivity contribution in [3.05, 3.63) is 12.2 Å². The molecule has 0 heterocycles. The molecular weight excluding hydrogens is 320 g/mol. The van der Waals surface area contributed by atoms with Crippen molar-refractivity contribution in [2.75, 3.05) is 0 Å². The molecule has 5 nitrogen and oxygen atoms in total. The van der Waals surface area contributed by atoms with Crippen molar-refractivity contribution >= 4 is 11.8 Å². The molecule has 0 aromatic heterocycles. The van der Waals surface area contributed by atoms with Crippen molar-refractivity contribution in [1.82, 2.24) is 0 Å². The predicted molar refractivity (Wildman–Crippen MR) is 97.2 cm³/mol.